The van der Waals surface area contributed by atoms with Gasteiger partial charge in [0.15, 0.2) is 0 Å². The highest BCUT2D eigenvalue weighted by atomic mass is 79.9. The number of hydrogen-bond donors (Lipinski definition) is 2. The number of rotatable bonds is 5. The molecule has 2 N–H and O–H groups in total. The second kappa shape index (κ2) is 8.14. The van der Waals surface area contributed by atoms with Crippen LogP contribution in [0.5, 0.6) is 5.75 Å². The van der Waals surface area contributed by atoms with Gasteiger partial charge in [-0.15, -0.1) is 0 Å². The van der Waals surface area contributed by atoms with Crippen molar-refractivity contribution in [2.45, 2.75) is 59.1 Å². The minimum atomic E-state index is -4.06. The van der Waals surface area contributed by atoms with Crippen LogP contribution in [0, 0.1) is 0 Å². The number of nitrogens with one attached hydrogen (secondary N) is 2. The summed E-state index contributed by atoms with van der Waals surface area (Å²) in [5.74, 6) is 0.662. The maximum Gasteiger partial charge on any atom is 0.422 e. The summed E-state index contributed by atoms with van der Waals surface area (Å²) in [6, 6.07) is 3.67. The largest absolute Gasteiger partial charge is 0.496 e. The SMILES string of the molecule is COc1cc(CNS(=O)(=O)NC(=O)OC(C)(C)C)c(Br)cc1C(C)(C)C. The monoisotopic (exact) mass is 450 g/mol. The molecule has 7 nitrogen and oxygen atoms in total. The molecule has 0 saturated heterocycles. The van der Waals surface area contributed by atoms with Gasteiger partial charge in [-0.25, -0.2) is 9.52 Å². The van der Waals surface area contributed by atoms with Crippen molar-refractivity contribution in [2.24, 2.45) is 0 Å². The zero-order valence-electron chi connectivity index (χ0n) is 16.2. The van der Waals surface area contributed by atoms with Crippen molar-refractivity contribution in [1.82, 2.24) is 9.44 Å². The molecule has 0 fully saturated rings. The number of hydrogen-bond acceptors (Lipinski definition) is 5. The van der Waals surface area contributed by atoms with E-state index in [4.69, 9.17) is 9.47 Å². The fourth-order valence-electron chi connectivity index (χ4n) is 2.10. The van der Waals surface area contributed by atoms with Crippen molar-refractivity contribution in [3.8, 4) is 5.75 Å². The summed E-state index contributed by atoms with van der Waals surface area (Å²) in [5, 5.41) is 0. The van der Waals surface area contributed by atoms with Gasteiger partial charge in [0.2, 0.25) is 0 Å². The topological polar surface area (TPSA) is 93.7 Å². The van der Waals surface area contributed by atoms with Crippen molar-refractivity contribution >= 4 is 32.2 Å². The molecule has 0 atom stereocenters. The third-order valence-corrected chi connectivity index (χ3v) is 4.94. The summed E-state index contributed by atoms with van der Waals surface area (Å²) < 4.78 is 39.3. The molecule has 1 aromatic rings. The van der Waals surface area contributed by atoms with Gasteiger partial charge in [0.05, 0.1) is 7.11 Å². The maximum absolute atomic E-state index is 12.0. The van der Waals surface area contributed by atoms with Gasteiger partial charge in [0.1, 0.15) is 11.4 Å². The van der Waals surface area contributed by atoms with Crippen LogP contribution in [0.1, 0.15) is 52.7 Å². The molecule has 9 heteroatoms. The molecule has 0 bridgehead atoms. The fraction of sp³-hybridized carbons (Fsp3) is 0.588. The highest BCUT2D eigenvalue weighted by Gasteiger charge is 2.23. The molecule has 1 amide bonds. The van der Waals surface area contributed by atoms with Crippen LogP contribution in [0.2, 0.25) is 0 Å². The lowest BCUT2D eigenvalue weighted by Gasteiger charge is -2.23. The van der Waals surface area contributed by atoms with Crippen LogP contribution in [0.25, 0.3) is 0 Å². The number of benzene rings is 1. The van der Waals surface area contributed by atoms with Gasteiger partial charge in [-0.1, -0.05) is 36.7 Å². The number of carbonyl (C=O) groups is 1. The number of methoxy groups -OCH3 is 1. The van der Waals surface area contributed by atoms with Crippen LogP contribution in [0.4, 0.5) is 4.79 Å². The van der Waals surface area contributed by atoms with E-state index >= 15 is 0 Å². The Labute approximate surface area is 164 Å². The molecule has 0 aliphatic heterocycles. The predicted octanol–water partition coefficient (Wildman–Crippen LogP) is 3.61. The van der Waals surface area contributed by atoms with Gasteiger partial charge in [0.25, 0.3) is 0 Å². The predicted molar refractivity (Wildman–Crippen MR) is 105 cm³/mol. The Balaban J connectivity index is 2.91. The van der Waals surface area contributed by atoms with Gasteiger partial charge in [-0.05, 0) is 43.9 Å². The van der Waals surface area contributed by atoms with Gasteiger partial charge in [-0.3, -0.25) is 0 Å². The Kier molecular flexibility index (Phi) is 7.11. The van der Waals surface area contributed by atoms with Crippen LogP contribution >= 0.6 is 15.9 Å². The van der Waals surface area contributed by atoms with Gasteiger partial charge >= 0.3 is 16.3 Å². The zero-order chi connectivity index (χ0) is 20.3. The van der Waals surface area contributed by atoms with E-state index in [0.29, 0.717) is 11.3 Å². The van der Waals surface area contributed by atoms with Crippen LogP contribution in [0.15, 0.2) is 16.6 Å². The Morgan fingerprint density at radius 3 is 2.19 bits per heavy atom. The summed E-state index contributed by atoms with van der Waals surface area (Å²) in [7, 11) is -2.50. The molecule has 0 unspecified atom stereocenters. The molecular weight excluding hydrogens is 424 g/mol. The third kappa shape index (κ3) is 7.13. The van der Waals surface area contributed by atoms with E-state index in [1.807, 2.05) is 10.8 Å². The maximum atomic E-state index is 12.0. The average Bonchev–Trinajstić information content (AvgIpc) is 2.41. The first-order valence-electron chi connectivity index (χ1n) is 8.02. The number of halogens is 1. The molecule has 0 spiro atoms. The Bertz CT molecular complexity index is 765. The molecule has 1 aromatic carbocycles. The smallest absolute Gasteiger partial charge is 0.422 e. The van der Waals surface area contributed by atoms with Crippen molar-refractivity contribution in [3.63, 3.8) is 0 Å². The van der Waals surface area contributed by atoms with Gasteiger partial charge in [0, 0.05) is 16.6 Å². The summed E-state index contributed by atoms with van der Waals surface area (Å²) in [6.07, 6.45) is -1.04. The van der Waals surface area contributed by atoms with E-state index in [2.05, 4.69) is 41.4 Å². The zero-order valence-corrected chi connectivity index (χ0v) is 18.6. The van der Waals surface area contributed by atoms with E-state index in [1.54, 1.807) is 33.9 Å². The van der Waals surface area contributed by atoms with Crippen molar-refractivity contribution in [1.29, 1.82) is 0 Å². The first kappa shape index (κ1) is 22.7. The molecule has 0 aliphatic rings. The highest BCUT2D eigenvalue weighted by Crippen LogP contribution is 2.35. The van der Waals surface area contributed by atoms with E-state index in [-0.39, 0.29) is 12.0 Å². The molecule has 26 heavy (non-hydrogen) atoms. The number of carbonyl (C=O) groups excluding carboxylic acids is 1. The molecule has 0 aliphatic carbocycles. The minimum absolute atomic E-state index is 0.0283. The highest BCUT2D eigenvalue weighted by molar-refractivity contribution is 9.10. The molecular formula is C17H27BrN2O5S. The van der Waals surface area contributed by atoms with Gasteiger partial charge in [-0.2, -0.15) is 13.1 Å². The fourth-order valence-corrected chi connectivity index (χ4v) is 3.27. The number of amides is 1. The molecule has 0 aromatic heterocycles. The Morgan fingerprint density at radius 2 is 1.73 bits per heavy atom. The van der Waals surface area contributed by atoms with Crippen LogP contribution in [-0.2, 0) is 26.9 Å². The van der Waals surface area contributed by atoms with E-state index < -0.39 is 21.9 Å². The lowest BCUT2D eigenvalue weighted by molar-refractivity contribution is 0.0569. The van der Waals surface area contributed by atoms with Crippen LogP contribution in [-0.4, -0.2) is 27.2 Å². The second-order valence-corrected chi connectivity index (χ2v) is 10.2. The summed E-state index contributed by atoms with van der Waals surface area (Å²) in [4.78, 5) is 11.6. The van der Waals surface area contributed by atoms with Crippen LogP contribution < -0.4 is 14.2 Å². The average molecular weight is 451 g/mol. The first-order valence-corrected chi connectivity index (χ1v) is 10.3. The Hall–Kier alpha value is -1.32. The summed E-state index contributed by atoms with van der Waals surface area (Å²) >= 11 is 3.46. The lowest BCUT2D eigenvalue weighted by Crippen LogP contribution is -2.42. The quantitative estimate of drug-likeness (QED) is 0.714. The second-order valence-electron chi connectivity index (χ2n) is 7.82. The molecule has 148 valence electrons. The molecule has 0 radical (unpaired) electrons. The van der Waals surface area contributed by atoms with Crippen molar-refractivity contribution < 1.29 is 22.7 Å². The first-order chi connectivity index (χ1) is 11.6. The normalized spacial score (nSPS) is 12.6. The lowest BCUT2D eigenvalue weighted by atomic mass is 9.86. The summed E-state index contributed by atoms with van der Waals surface area (Å²) in [6.45, 7) is 11.1. The minimum Gasteiger partial charge on any atom is -0.496 e. The molecule has 0 heterocycles. The van der Waals surface area contributed by atoms with Crippen LogP contribution in [0.3, 0.4) is 0 Å². The van der Waals surface area contributed by atoms with Crippen molar-refractivity contribution in [3.05, 3.63) is 27.7 Å². The standard InChI is InChI=1S/C17H27BrN2O5S/c1-16(2,3)12-9-13(18)11(8-14(12)24-7)10-19-26(22,23)20-15(21)25-17(4,5)6/h8-9,19H,10H2,1-7H3,(H,20,21). The summed E-state index contributed by atoms with van der Waals surface area (Å²) in [5.41, 5.74) is 0.734. The van der Waals surface area contributed by atoms with E-state index in [1.165, 1.54) is 0 Å². The number of ether oxygens (including phenoxy) is 2. The Morgan fingerprint density at radius 1 is 1.15 bits per heavy atom. The molecule has 1 rings (SSSR count). The molecule has 0 saturated carbocycles. The van der Waals surface area contributed by atoms with Gasteiger partial charge < -0.3 is 9.47 Å². The third-order valence-electron chi connectivity index (χ3n) is 3.25. The van der Waals surface area contributed by atoms with E-state index in [9.17, 15) is 13.2 Å². The van der Waals surface area contributed by atoms with E-state index in [0.717, 1.165) is 10.0 Å². The van der Waals surface area contributed by atoms with Crippen molar-refractivity contribution in [2.75, 3.05) is 7.11 Å².